The first-order chi connectivity index (χ1) is 8.76. The smallest absolute Gasteiger partial charge is 0.410 e. The van der Waals surface area contributed by atoms with Crippen LogP contribution in [0.2, 0.25) is 0 Å². The fourth-order valence-electron chi connectivity index (χ4n) is 1.98. The molecule has 1 aliphatic rings. The summed E-state index contributed by atoms with van der Waals surface area (Å²) in [4.78, 5) is 13.6. The molecule has 0 spiro atoms. The zero-order valence-electron chi connectivity index (χ0n) is 11.4. The number of aromatic nitrogens is 2. The van der Waals surface area contributed by atoms with Crippen LogP contribution < -0.4 is 0 Å². The lowest BCUT2D eigenvalue weighted by molar-refractivity contribution is -0.0175. The van der Waals surface area contributed by atoms with Gasteiger partial charge in [0, 0.05) is 6.20 Å². The second-order valence-corrected chi connectivity index (χ2v) is 6.66. The van der Waals surface area contributed by atoms with Crippen LogP contribution in [-0.2, 0) is 10.3 Å². The molecule has 19 heavy (non-hydrogen) atoms. The van der Waals surface area contributed by atoms with Gasteiger partial charge in [0.1, 0.15) is 11.1 Å². The van der Waals surface area contributed by atoms with Gasteiger partial charge in [-0.3, -0.25) is 4.68 Å². The number of rotatable bonds is 2. The van der Waals surface area contributed by atoms with E-state index in [2.05, 4.69) is 27.6 Å². The summed E-state index contributed by atoms with van der Waals surface area (Å²) >= 11 is 3.37. The highest BCUT2D eigenvalue weighted by atomic mass is 79.9. The molecule has 0 N–H and O–H groups in total. The normalized spacial score (nSPS) is 17.8. The van der Waals surface area contributed by atoms with Crippen molar-refractivity contribution in [3.05, 3.63) is 29.5 Å². The molecule has 1 aromatic rings. The molecule has 104 valence electrons. The van der Waals surface area contributed by atoms with Gasteiger partial charge in [-0.2, -0.15) is 5.10 Å². The number of likely N-dealkylation sites (tertiary alicyclic amines) is 1. The largest absolute Gasteiger partial charge is 0.444 e. The Morgan fingerprint density at radius 3 is 2.63 bits per heavy atom. The molecule has 0 radical (unpaired) electrons. The Morgan fingerprint density at radius 1 is 1.58 bits per heavy atom. The number of carbonyl (C=O) groups excluding carboxylic acids is 1. The Balaban J connectivity index is 2.04. The molecule has 6 heteroatoms. The molecule has 0 aliphatic carbocycles. The van der Waals surface area contributed by atoms with Crippen molar-refractivity contribution in [3.63, 3.8) is 0 Å². The van der Waals surface area contributed by atoms with E-state index < -0.39 is 5.60 Å². The van der Waals surface area contributed by atoms with Gasteiger partial charge in [0.15, 0.2) is 0 Å². The second-order valence-electron chi connectivity index (χ2n) is 5.75. The van der Waals surface area contributed by atoms with Gasteiger partial charge in [-0.25, -0.2) is 4.79 Å². The molecular weight excluding hydrogens is 310 g/mol. The first kappa shape index (κ1) is 14.1. The lowest BCUT2D eigenvalue weighted by Gasteiger charge is -2.48. The third-order valence-corrected chi connectivity index (χ3v) is 3.38. The van der Waals surface area contributed by atoms with Crippen LogP contribution in [0.15, 0.2) is 29.5 Å². The van der Waals surface area contributed by atoms with E-state index in [9.17, 15) is 4.79 Å². The molecule has 0 aromatic carbocycles. The van der Waals surface area contributed by atoms with Gasteiger partial charge in [0.25, 0.3) is 0 Å². The van der Waals surface area contributed by atoms with Crippen molar-refractivity contribution in [1.82, 2.24) is 14.7 Å². The Hall–Kier alpha value is -1.30. The minimum Gasteiger partial charge on any atom is -0.444 e. The Labute approximate surface area is 121 Å². The molecule has 1 aromatic heterocycles. The fourth-order valence-corrected chi connectivity index (χ4v) is 2.27. The van der Waals surface area contributed by atoms with Gasteiger partial charge < -0.3 is 9.64 Å². The van der Waals surface area contributed by atoms with Crippen LogP contribution in [0, 0.1) is 0 Å². The molecular formula is C13H18BrN3O2. The fraction of sp³-hybridized carbons (Fsp3) is 0.538. The monoisotopic (exact) mass is 327 g/mol. The maximum Gasteiger partial charge on any atom is 0.410 e. The molecule has 5 nitrogen and oxygen atoms in total. The zero-order valence-corrected chi connectivity index (χ0v) is 13.0. The molecule has 2 rings (SSSR count). The summed E-state index contributed by atoms with van der Waals surface area (Å²) < 4.78 is 8.07. The van der Waals surface area contributed by atoms with E-state index in [-0.39, 0.29) is 11.6 Å². The minimum atomic E-state index is -0.474. The SMILES string of the molecule is C=CC1(n2cc(Br)cn2)CN(C(=O)OC(C)(C)C)C1. The summed E-state index contributed by atoms with van der Waals surface area (Å²) in [7, 11) is 0. The zero-order chi connectivity index (χ0) is 14.3. The summed E-state index contributed by atoms with van der Waals surface area (Å²) in [6, 6.07) is 0. The van der Waals surface area contributed by atoms with Gasteiger partial charge in [-0.15, -0.1) is 6.58 Å². The predicted octanol–water partition coefficient (Wildman–Crippen LogP) is 2.78. The highest BCUT2D eigenvalue weighted by Crippen LogP contribution is 2.31. The third-order valence-electron chi connectivity index (χ3n) is 2.97. The van der Waals surface area contributed by atoms with Crippen LogP contribution in [0.1, 0.15) is 20.8 Å². The lowest BCUT2D eigenvalue weighted by atomic mass is 9.90. The van der Waals surface area contributed by atoms with E-state index in [1.54, 1.807) is 11.1 Å². The number of nitrogens with zero attached hydrogens (tertiary/aromatic N) is 3. The van der Waals surface area contributed by atoms with Crippen LogP contribution in [0.3, 0.4) is 0 Å². The number of halogens is 1. The summed E-state index contributed by atoms with van der Waals surface area (Å²) in [6.07, 6.45) is 5.14. The molecule has 1 saturated heterocycles. The van der Waals surface area contributed by atoms with Gasteiger partial charge in [0.2, 0.25) is 0 Å². The van der Waals surface area contributed by atoms with Crippen LogP contribution in [0.5, 0.6) is 0 Å². The van der Waals surface area contributed by atoms with Crippen molar-refractivity contribution < 1.29 is 9.53 Å². The van der Waals surface area contributed by atoms with Crippen molar-refractivity contribution in [2.24, 2.45) is 0 Å². The third kappa shape index (κ3) is 2.83. The van der Waals surface area contributed by atoms with E-state index in [0.717, 1.165) is 4.47 Å². The standard InChI is InChI=1S/C13H18BrN3O2/c1-5-13(17-7-10(14)6-15-17)8-16(9-13)11(18)19-12(2,3)4/h5-7H,1,8-9H2,2-4H3. The highest BCUT2D eigenvalue weighted by Gasteiger charge is 2.46. The number of amides is 1. The van der Waals surface area contributed by atoms with Gasteiger partial charge >= 0.3 is 6.09 Å². The van der Waals surface area contributed by atoms with Crippen molar-refractivity contribution >= 4 is 22.0 Å². The van der Waals surface area contributed by atoms with Crippen LogP contribution in [-0.4, -0.2) is 39.5 Å². The number of hydrogen-bond acceptors (Lipinski definition) is 3. The van der Waals surface area contributed by atoms with E-state index in [1.807, 2.05) is 37.7 Å². The maximum absolute atomic E-state index is 11.9. The second kappa shape index (κ2) is 4.67. The van der Waals surface area contributed by atoms with Crippen molar-refractivity contribution in [2.45, 2.75) is 31.9 Å². The molecule has 0 saturated carbocycles. The quantitative estimate of drug-likeness (QED) is 0.785. The summed E-state index contributed by atoms with van der Waals surface area (Å²) in [6.45, 7) is 10.5. The summed E-state index contributed by atoms with van der Waals surface area (Å²) in [5.41, 5.74) is -0.804. The maximum atomic E-state index is 11.9. The Kier molecular flexibility index (Phi) is 3.47. The van der Waals surface area contributed by atoms with Crippen LogP contribution in [0.4, 0.5) is 4.79 Å². The van der Waals surface area contributed by atoms with Crippen LogP contribution in [0.25, 0.3) is 0 Å². The molecule has 1 fully saturated rings. The average Bonchev–Trinajstić information content (AvgIpc) is 2.62. The van der Waals surface area contributed by atoms with E-state index in [4.69, 9.17) is 4.74 Å². The molecule has 0 atom stereocenters. The van der Waals surface area contributed by atoms with Gasteiger partial charge in [-0.05, 0) is 36.7 Å². The molecule has 1 amide bonds. The summed E-state index contributed by atoms with van der Waals surface area (Å²) in [5.74, 6) is 0. The number of hydrogen-bond donors (Lipinski definition) is 0. The molecule has 0 unspecified atom stereocenters. The number of carbonyl (C=O) groups is 1. The van der Waals surface area contributed by atoms with Crippen LogP contribution >= 0.6 is 15.9 Å². The first-order valence-corrected chi connectivity index (χ1v) is 6.87. The first-order valence-electron chi connectivity index (χ1n) is 6.08. The topological polar surface area (TPSA) is 47.4 Å². The van der Waals surface area contributed by atoms with Crippen molar-refractivity contribution in [3.8, 4) is 0 Å². The van der Waals surface area contributed by atoms with Crippen molar-refractivity contribution in [1.29, 1.82) is 0 Å². The molecule has 0 bridgehead atoms. The Morgan fingerprint density at radius 2 is 2.21 bits per heavy atom. The Bertz CT molecular complexity index is 498. The van der Waals surface area contributed by atoms with E-state index in [0.29, 0.717) is 13.1 Å². The summed E-state index contributed by atoms with van der Waals surface area (Å²) in [5, 5.41) is 4.27. The van der Waals surface area contributed by atoms with E-state index >= 15 is 0 Å². The molecule has 2 heterocycles. The van der Waals surface area contributed by atoms with Gasteiger partial charge in [0.05, 0.1) is 23.8 Å². The van der Waals surface area contributed by atoms with Crippen molar-refractivity contribution in [2.75, 3.05) is 13.1 Å². The molecule has 1 aliphatic heterocycles. The number of ether oxygens (including phenoxy) is 1. The minimum absolute atomic E-state index is 0.295. The lowest BCUT2D eigenvalue weighted by Crippen LogP contribution is -2.63. The van der Waals surface area contributed by atoms with Gasteiger partial charge in [-0.1, -0.05) is 6.08 Å². The predicted molar refractivity (Wildman–Crippen MR) is 75.9 cm³/mol. The van der Waals surface area contributed by atoms with E-state index in [1.165, 1.54) is 0 Å². The highest BCUT2D eigenvalue weighted by molar-refractivity contribution is 9.10. The average molecular weight is 328 g/mol.